The van der Waals surface area contributed by atoms with Crippen LogP contribution >= 0.6 is 0 Å². The van der Waals surface area contributed by atoms with Crippen LogP contribution in [0.2, 0.25) is 0 Å². The highest BCUT2D eigenvalue weighted by Crippen LogP contribution is 2.29. The fourth-order valence-electron chi connectivity index (χ4n) is 3.27. The Bertz CT molecular complexity index is 645. The summed E-state index contributed by atoms with van der Waals surface area (Å²) in [7, 11) is 2.22. The van der Waals surface area contributed by atoms with E-state index in [0.29, 0.717) is 5.92 Å². The van der Waals surface area contributed by atoms with Gasteiger partial charge in [-0.15, -0.1) is 0 Å². The molecule has 1 saturated heterocycles. The van der Waals surface area contributed by atoms with Gasteiger partial charge in [-0.05, 0) is 12.8 Å². The molecule has 1 aliphatic heterocycles. The maximum absolute atomic E-state index is 11.4. The summed E-state index contributed by atoms with van der Waals surface area (Å²) >= 11 is 0. The number of hydrogen-bond acceptors (Lipinski definition) is 1. The molecule has 2 aromatic rings. The molecular formula is C21H24NO+. The summed E-state index contributed by atoms with van der Waals surface area (Å²) in [5.74, 6) is 6.94. The van der Waals surface area contributed by atoms with Crippen molar-refractivity contribution < 1.29 is 10.0 Å². The predicted molar refractivity (Wildman–Crippen MR) is 93.0 cm³/mol. The van der Waals surface area contributed by atoms with Gasteiger partial charge >= 0.3 is 0 Å². The summed E-state index contributed by atoms with van der Waals surface area (Å²) in [6.45, 7) is 2.28. The quantitative estimate of drug-likeness (QED) is 0.813. The Labute approximate surface area is 138 Å². The molecule has 2 atom stereocenters. The van der Waals surface area contributed by atoms with E-state index in [9.17, 15) is 5.11 Å². The zero-order valence-electron chi connectivity index (χ0n) is 13.6. The fraction of sp³-hybridized carbons (Fsp3) is 0.333. The summed E-state index contributed by atoms with van der Waals surface area (Å²) < 4.78 is 0. The van der Waals surface area contributed by atoms with Gasteiger partial charge in [0.15, 0.2) is 5.60 Å². The second-order valence-corrected chi connectivity index (χ2v) is 6.46. The molecular weight excluding hydrogens is 282 g/mol. The van der Waals surface area contributed by atoms with E-state index in [-0.39, 0.29) is 0 Å². The van der Waals surface area contributed by atoms with Gasteiger partial charge in [0.05, 0.1) is 26.1 Å². The van der Waals surface area contributed by atoms with Gasteiger partial charge < -0.3 is 10.0 Å². The van der Waals surface area contributed by atoms with Crippen molar-refractivity contribution in [3.8, 4) is 11.8 Å². The van der Waals surface area contributed by atoms with Crippen LogP contribution in [0.1, 0.15) is 24.0 Å². The van der Waals surface area contributed by atoms with Crippen LogP contribution in [0.3, 0.4) is 0 Å². The number of quaternary nitrogens is 1. The lowest BCUT2D eigenvalue weighted by Gasteiger charge is -2.26. The Morgan fingerprint density at radius 3 is 2.09 bits per heavy atom. The Balaban J connectivity index is 1.97. The number of nitrogens with one attached hydrogen (secondary N) is 1. The first-order chi connectivity index (χ1) is 11.2. The van der Waals surface area contributed by atoms with Crippen LogP contribution in [0.4, 0.5) is 0 Å². The van der Waals surface area contributed by atoms with Crippen molar-refractivity contribution in [3.63, 3.8) is 0 Å². The molecule has 2 aromatic carbocycles. The number of hydrogen-bond donors (Lipinski definition) is 2. The van der Waals surface area contributed by atoms with E-state index in [2.05, 4.69) is 18.9 Å². The van der Waals surface area contributed by atoms with Gasteiger partial charge in [0.25, 0.3) is 0 Å². The molecule has 2 N–H and O–H groups in total. The predicted octanol–water partition coefficient (Wildman–Crippen LogP) is 1.85. The van der Waals surface area contributed by atoms with Crippen LogP contribution in [-0.2, 0) is 5.60 Å². The molecule has 0 aromatic heterocycles. The minimum atomic E-state index is -1.24. The second-order valence-electron chi connectivity index (χ2n) is 6.46. The van der Waals surface area contributed by atoms with E-state index >= 15 is 0 Å². The van der Waals surface area contributed by atoms with Gasteiger partial charge in [-0.3, -0.25) is 0 Å². The Kier molecular flexibility index (Phi) is 4.81. The average molecular weight is 306 g/mol. The summed E-state index contributed by atoms with van der Waals surface area (Å²) in [4.78, 5) is 1.53. The largest absolute Gasteiger partial charge is 0.369 e. The van der Waals surface area contributed by atoms with Crippen molar-refractivity contribution >= 4 is 0 Å². The molecule has 2 heteroatoms. The molecule has 118 valence electrons. The maximum atomic E-state index is 11.4. The molecule has 1 aliphatic rings. The molecule has 1 fully saturated rings. The van der Waals surface area contributed by atoms with Crippen molar-refractivity contribution in [2.75, 3.05) is 20.1 Å². The second kappa shape index (κ2) is 7.00. The van der Waals surface area contributed by atoms with Gasteiger partial charge in [-0.1, -0.05) is 72.5 Å². The zero-order valence-corrected chi connectivity index (χ0v) is 13.6. The topological polar surface area (TPSA) is 24.7 Å². The molecule has 0 radical (unpaired) electrons. The van der Waals surface area contributed by atoms with Crippen molar-refractivity contribution in [1.82, 2.24) is 0 Å². The molecule has 0 bridgehead atoms. The van der Waals surface area contributed by atoms with Crippen LogP contribution in [0.5, 0.6) is 0 Å². The summed E-state index contributed by atoms with van der Waals surface area (Å²) in [6, 6.07) is 19.5. The number of likely N-dealkylation sites (tertiary alicyclic amines) is 1. The first-order valence-corrected chi connectivity index (χ1v) is 8.36. The summed E-state index contributed by atoms with van der Waals surface area (Å²) in [6.07, 6.45) is 2.34. The third-order valence-corrected chi connectivity index (χ3v) is 4.59. The summed E-state index contributed by atoms with van der Waals surface area (Å²) in [5.41, 5.74) is 0.416. The van der Waals surface area contributed by atoms with Gasteiger partial charge in [-0.25, -0.2) is 0 Å². The van der Waals surface area contributed by atoms with Crippen molar-refractivity contribution in [1.29, 1.82) is 0 Å². The van der Waals surface area contributed by atoms with Crippen LogP contribution in [-0.4, -0.2) is 25.2 Å². The molecule has 0 spiro atoms. The standard InChI is InChI=1S/C21H23NO/c1-22-16-8-9-18(17-22)14-15-21(23,19-10-4-2-5-11-19)20-12-6-3-7-13-20/h2-7,10-13,18,23H,8-9,16-17H2,1H3/p+1/t18-/m0/s1. The van der Waals surface area contributed by atoms with Crippen LogP contribution in [0.15, 0.2) is 60.7 Å². The van der Waals surface area contributed by atoms with Crippen LogP contribution in [0.25, 0.3) is 0 Å². The molecule has 0 amide bonds. The normalized spacial score (nSPS) is 21.3. The fourth-order valence-corrected chi connectivity index (χ4v) is 3.27. The van der Waals surface area contributed by atoms with E-state index in [1.165, 1.54) is 17.9 Å². The Morgan fingerprint density at radius 2 is 1.57 bits per heavy atom. The Hall–Kier alpha value is -2.08. The average Bonchev–Trinajstić information content (AvgIpc) is 2.61. The third kappa shape index (κ3) is 3.64. The highest BCUT2D eigenvalue weighted by molar-refractivity contribution is 5.44. The van der Waals surface area contributed by atoms with E-state index in [0.717, 1.165) is 24.1 Å². The smallest absolute Gasteiger partial charge is 0.176 e. The monoisotopic (exact) mass is 306 g/mol. The highest BCUT2D eigenvalue weighted by atomic mass is 16.3. The van der Waals surface area contributed by atoms with Crippen LogP contribution in [0, 0.1) is 17.8 Å². The van der Waals surface area contributed by atoms with Gasteiger partial charge in [0.2, 0.25) is 0 Å². The molecule has 0 saturated carbocycles. The highest BCUT2D eigenvalue weighted by Gasteiger charge is 2.29. The number of benzene rings is 2. The number of aliphatic hydroxyl groups is 1. The number of piperidine rings is 1. The van der Waals surface area contributed by atoms with Gasteiger partial charge in [-0.2, -0.15) is 0 Å². The van der Waals surface area contributed by atoms with Crippen molar-refractivity contribution in [2.45, 2.75) is 18.4 Å². The van der Waals surface area contributed by atoms with Gasteiger partial charge in [0.1, 0.15) is 0 Å². The first kappa shape index (κ1) is 15.8. The molecule has 1 heterocycles. The molecule has 23 heavy (non-hydrogen) atoms. The van der Waals surface area contributed by atoms with Crippen LogP contribution < -0.4 is 4.90 Å². The lowest BCUT2D eigenvalue weighted by molar-refractivity contribution is -0.887. The number of rotatable bonds is 2. The maximum Gasteiger partial charge on any atom is 0.176 e. The lowest BCUT2D eigenvalue weighted by Crippen LogP contribution is -3.10. The Morgan fingerprint density at radius 1 is 1.00 bits per heavy atom. The molecule has 1 unspecified atom stereocenters. The first-order valence-electron chi connectivity index (χ1n) is 8.36. The zero-order chi connectivity index (χ0) is 16.1. The SMILES string of the molecule is C[NH+]1CCC[C@@H](C#CC(O)(c2ccccc2)c2ccccc2)C1. The van der Waals surface area contributed by atoms with E-state index in [4.69, 9.17) is 0 Å². The molecule has 3 rings (SSSR count). The van der Waals surface area contributed by atoms with Gasteiger partial charge in [0, 0.05) is 11.1 Å². The summed E-state index contributed by atoms with van der Waals surface area (Å²) in [5, 5.41) is 11.4. The molecule has 2 nitrogen and oxygen atoms in total. The minimum absolute atomic E-state index is 0.364. The van der Waals surface area contributed by atoms with Crippen molar-refractivity contribution in [2.24, 2.45) is 5.92 Å². The van der Waals surface area contributed by atoms with E-state index < -0.39 is 5.60 Å². The third-order valence-electron chi connectivity index (χ3n) is 4.59. The van der Waals surface area contributed by atoms with E-state index in [1.807, 2.05) is 60.7 Å². The minimum Gasteiger partial charge on any atom is -0.369 e. The van der Waals surface area contributed by atoms with E-state index in [1.54, 1.807) is 0 Å². The molecule has 0 aliphatic carbocycles. The lowest BCUT2D eigenvalue weighted by atomic mass is 9.86. The van der Waals surface area contributed by atoms with Crippen molar-refractivity contribution in [3.05, 3.63) is 71.8 Å².